The monoisotopic (exact) mass is 224 g/mol. The Hall–Kier alpha value is -0.740. The van der Waals surface area contributed by atoms with Crippen LogP contribution in [0.2, 0.25) is 10.0 Å². The zero-order valence-electron chi connectivity index (χ0n) is 7.26. The van der Waals surface area contributed by atoms with Crippen molar-refractivity contribution in [3.8, 4) is 5.75 Å². The molecule has 0 atom stereocenters. The Morgan fingerprint density at radius 1 is 1.08 bits per heavy atom. The zero-order chi connectivity index (χ0) is 8.85. The van der Waals surface area contributed by atoms with E-state index in [0.29, 0.717) is 5.02 Å². The molecule has 0 aliphatic heterocycles. The third-order valence-corrected chi connectivity index (χ3v) is 1.74. The van der Waals surface area contributed by atoms with E-state index in [1.807, 2.05) is 0 Å². The Labute approximate surface area is 88.1 Å². The number of rotatable bonds is 0. The van der Waals surface area contributed by atoms with Gasteiger partial charge in [-0.3, -0.25) is 0 Å². The number of hydrogen-bond donors (Lipinski definition) is 3. The van der Waals surface area contributed by atoms with Crippen molar-refractivity contribution in [2.75, 3.05) is 0 Å². The SMILES string of the molecule is C=C.N.N.Oc1cccc(Cl)c1Cl. The van der Waals surface area contributed by atoms with Crippen LogP contribution in [0.4, 0.5) is 0 Å². The first-order chi connectivity index (χ1) is 5.22. The Kier molecular flexibility index (Phi) is 13.0. The van der Waals surface area contributed by atoms with Crippen LogP contribution in [0.25, 0.3) is 0 Å². The number of phenolic OH excluding ortho intramolecular Hbond substituents is 1. The first-order valence-electron chi connectivity index (χ1n) is 2.85. The molecule has 0 amide bonds. The summed E-state index contributed by atoms with van der Waals surface area (Å²) in [6.45, 7) is 6.00. The molecule has 0 unspecified atom stereocenters. The third-order valence-electron chi connectivity index (χ3n) is 0.931. The van der Waals surface area contributed by atoms with Gasteiger partial charge in [-0.15, -0.1) is 13.2 Å². The summed E-state index contributed by atoms with van der Waals surface area (Å²) in [5.41, 5.74) is 0. The van der Waals surface area contributed by atoms with Gasteiger partial charge in [-0.2, -0.15) is 0 Å². The van der Waals surface area contributed by atoms with Crippen molar-refractivity contribution in [3.05, 3.63) is 41.4 Å². The van der Waals surface area contributed by atoms with E-state index < -0.39 is 0 Å². The first-order valence-corrected chi connectivity index (χ1v) is 3.60. The van der Waals surface area contributed by atoms with Crippen molar-refractivity contribution in [3.63, 3.8) is 0 Å². The largest absolute Gasteiger partial charge is 0.506 e. The molecule has 1 aromatic rings. The zero-order valence-corrected chi connectivity index (χ0v) is 8.78. The molecule has 0 heterocycles. The number of halogens is 2. The van der Waals surface area contributed by atoms with Crippen LogP contribution < -0.4 is 12.3 Å². The van der Waals surface area contributed by atoms with Gasteiger partial charge >= 0.3 is 0 Å². The summed E-state index contributed by atoms with van der Waals surface area (Å²) in [7, 11) is 0. The fraction of sp³-hybridized carbons (Fsp3) is 0. The molecule has 0 aliphatic carbocycles. The molecule has 0 bridgehead atoms. The standard InChI is InChI=1S/C6H4Cl2O.C2H4.2H3N/c7-4-2-1-3-5(9)6(4)8;1-2;;/h1-3,9H;1-2H2;2*1H3. The minimum atomic E-state index is 0. The maximum Gasteiger partial charge on any atom is 0.135 e. The quantitative estimate of drug-likeness (QED) is 0.586. The highest BCUT2D eigenvalue weighted by Gasteiger charge is 1.99. The van der Waals surface area contributed by atoms with Gasteiger partial charge in [0.15, 0.2) is 0 Å². The van der Waals surface area contributed by atoms with E-state index in [2.05, 4.69) is 13.2 Å². The highest BCUT2D eigenvalue weighted by Crippen LogP contribution is 2.29. The van der Waals surface area contributed by atoms with Crippen LogP contribution in [-0.4, -0.2) is 5.11 Å². The van der Waals surface area contributed by atoms with E-state index in [4.69, 9.17) is 28.3 Å². The molecule has 5 heteroatoms. The lowest BCUT2D eigenvalue weighted by Crippen LogP contribution is -1.67. The van der Waals surface area contributed by atoms with E-state index >= 15 is 0 Å². The van der Waals surface area contributed by atoms with Crippen LogP contribution in [0.1, 0.15) is 0 Å². The number of hydrogen-bond acceptors (Lipinski definition) is 3. The Bertz CT molecular complexity index is 223. The highest BCUT2D eigenvalue weighted by atomic mass is 35.5. The maximum absolute atomic E-state index is 8.88. The summed E-state index contributed by atoms with van der Waals surface area (Å²) in [4.78, 5) is 0. The lowest BCUT2D eigenvalue weighted by atomic mass is 10.3. The molecule has 7 N–H and O–H groups in total. The topological polar surface area (TPSA) is 90.2 Å². The van der Waals surface area contributed by atoms with Crippen molar-refractivity contribution < 1.29 is 5.11 Å². The smallest absolute Gasteiger partial charge is 0.135 e. The second kappa shape index (κ2) is 9.35. The van der Waals surface area contributed by atoms with Gasteiger partial charge in [0, 0.05) is 0 Å². The molecular weight excluding hydrogens is 211 g/mol. The molecule has 1 aromatic carbocycles. The van der Waals surface area contributed by atoms with Gasteiger partial charge in [-0.05, 0) is 12.1 Å². The van der Waals surface area contributed by atoms with Crippen LogP contribution in [0.5, 0.6) is 5.75 Å². The fourth-order valence-corrected chi connectivity index (χ4v) is 0.788. The van der Waals surface area contributed by atoms with E-state index in [9.17, 15) is 0 Å². The first kappa shape index (κ1) is 18.1. The minimum absolute atomic E-state index is 0. The Morgan fingerprint density at radius 2 is 1.54 bits per heavy atom. The third kappa shape index (κ3) is 5.49. The van der Waals surface area contributed by atoms with Crippen molar-refractivity contribution in [2.45, 2.75) is 0 Å². The molecule has 3 nitrogen and oxygen atoms in total. The Balaban J connectivity index is -0.000000234. The molecule has 76 valence electrons. The lowest BCUT2D eigenvalue weighted by Gasteiger charge is -1.95. The number of aromatic hydroxyl groups is 1. The summed E-state index contributed by atoms with van der Waals surface area (Å²) in [6.07, 6.45) is 0. The molecule has 13 heavy (non-hydrogen) atoms. The van der Waals surface area contributed by atoms with Gasteiger partial charge in [0.25, 0.3) is 0 Å². The van der Waals surface area contributed by atoms with Crippen molar-refractivity contribution in [2.24, 2.45) is 0 Å². The van der Waals surface area contributed by atoms with E-state index in [-0.39, 0.29) is 23.1 Å². The molecular formula is C8H14Cl2N2O. The highest BCUT2D eigenvalue weighted by molar-refractivity contribution is 6.42. The molecule has 1 rings (SSSR count). The summed E-state index contributed by atoms with van der Waals surface area (Å²) >= 11 is 11.0. The van der Waals surface area contributed by atoms with Gasteiger partial charge in [-0.25, -0.2) is 0 Å². The molecule has 0 saturated heterocycles. The normalized spacial score (nSPS) is 6.92. The average molecular weight is 225 g/mol. The van der Waals surface area contributed by atoms with Gasteiger partial charge in [0.1, 0.15) is 10.8 Å². The summed E-state index contributed by atoms with van der Waals surface area (Å²) in [6, 6.07) is 4.72. The van der Waals surface area contributed by atoms with Crippen LogP contribution in [0, 0.1) is 0 Å². The molecule has 0 aliphatic rings. The second-order valence-corrected chi connectivity index (χ2v) is 2.36. The van der Waals surface area contributed by atoms with Crippen LogP contribution in [0.3, 0.4) is 0 Å². The van der Waals surface area contributed by atoms with Crippen LogP contribution in [0.15, 0.2) is 31.4 Å². The summed E-state index contributed by atoms with van der Waals surface area (Å²) < 4.78 is 0. The molecule has 0 fully saturated rings. The van der Waals surface area contributed by atoms with Gasteiger partial charge in [0.05, 0.1) is 5.02 Å². The van der Waals surface area contributed by atoms with Crippen molar-refractivity contribution >= 4 is 23.2 Å². The van der Waals surface area contributed by atoms with Crippen LogP contribution in [-0.2, 0) is 0 Å². The van der Waals surface area contributed by atoms with Gasteiger partial charge in [-0.1, -0.05) is 29.3 Å². The molecule has 0 aromatic heterocycles. The van der Waals surface area contributed by atoms with Crippen molar-refractivity contribution in [1.29, 1.82) is 0 Å². The van der Waals surface area contributed by atoms with Crippen molar-refractivity contribution in [1.82, 2.24) is 12.3 Å². The molecule has 0 spiro atoms. The maximum atomic E-state index is 8.88. The predicted molar refractivity (Wildman–Crippen MR) is 59.4 cm³/mol. The second-order valence-electron chi connectivity index (χ2n) is 1.57. The lowest BCUT2D eigenvalue weighted by molar-refractivity contribution is 0.475. The Morgan fingerprint density at radius 3 is 1.85 bits per heavy atom. The van der Waals surface area contributed by atoms with E-state index in [1.165, 1.54) is 6.07 Å². The molecule has 0 saturated carbocycles. The number of phenols is 1. The van der Waals surface area contributed by atoms with Crippen LogP contribution >= 0.6 is 23.2 Å². The van der Waals surface area contributed by atoms with E-state index in [0.717, 1.165) is 0 Å². The minimum Gasteiger partial charge on any atom is -0.506 e. The molecule has 0 radical (unpaired) electrons. The predicted octanol–water partition coefficient (Wildman–Crippen LogP) is 3.83. The number of benzene rings is 1. The fourth-order valence-electron chi connectivity index (χ4n) is 0.492. The summed E-state index contributed by atoms with van der Waals surface area (Å²) in [5, 5.41) is 9.46. The van der Waals surface area contributed by atoms with Gasteiger partial charge in [0.2, 0.25) is 0 Å². The van der Waals surface area contributed by atoms with E-state index in [1.54, 1.807) is 12.1 Å². The average Bonchev–Trinajstić information content (AvgIpc) is 2.04. The van der Waals surface area contributed by atoms with Gasteiger partial charge < -0.3 is 17.4 Å². The summed E-state index contributed by atoms with van der Waals surface area (Å²) in [5.74, 6) is 0.0177.